The normalized spacial score (nSPS) is 31.9. The molecule has 1 amide bonds. The lowest BCUT2D eigenvalue weighted by Crippen LogP contribution is -2.49. The highest BCUT2D eigenvalue weighted by Crippen LogP contribution is 2.54. The number of fused-ring (bicyclic) bond motifs is 1. The lowest BCUT2D eigenvalue weighted by atomic mass is 9.86. The molecule has 0 bridgehead atoms. The van der Waals surface area contributed by atoms with Gasteiger partial charge in [-0.15, -0.1) is 0 Å². The van der Waals surface area contributed by atoms with E-state index in [2.05, 4.69) is 30.6 Å². The van der Waals surface area contributed by atoms with E-state index in [0.717, 1.165) is 39.0 Å². The second-order valence-corrected chi connectivity index (χ2v) is 10.1. The molecule has 0 aromatic heterocycles. The first kappa shape index (κ1) is 17.9. The highest BCUT2D eigenvalue weighted by molar-refractivity contribution is 5.90. The fraction of sp³-hybridized carbons (Fsp3) is 0.900. The van der Waals surface area contributed by atoms with Crippen LogP contribution in [0.5, 0.6) is 0 Å². The summed E-state index contributed by atoms with van der Waals surface area (Å²) in [6.45, 7) is 16.4. The zero-order chi connectivity index (χ0) is 17.9. The van der Waals surface area contributed by atoms with Crippen LogP contribution in [0.1, 0.15) is 54.4 Å². The quantitative estimate of drug-likeness (QED) is 0.780. The molecule has 2 heterocycles. The van der Waals surface area contributed by atoms with Crippen LogP contribution in [0.3, 0.4) is 0 Å². The largest absolute Gasteiger partial charge is 0.342 e. The molecule has 2 unspecified atom stereocenters. The summed E-state index contributed by atoms with van der Waals surface area (Å²) < 4.78 is 0. The van der Waals surface area contributed by atoms with Gasteiger partial charge >= 0.3 is 0 Å². The average Bonchev–Trinajstić information content (AvgIpc) is 2.97. The smallest absolute Gasteiger partial charge is 0.225 e. The Bertz CT molecular complexity index is 509. The average molecular weight is 335 g/mol. The van der Waals surface area contributed by atoms with Crippen molar-refractivity contribution in [2.24, 2.45) is 29.1 Å². The first-order valence-corrected chi connectivity index (χ1v) is 9.58. The van der Waals surface area contributed by atoms with E-state index in [9.17, 15) is 9.59 Å². The van der Waals surface area contributed by atoms with Crippen molar-refractivity contribution in [3.63, 3.8) is 0 Å². The van der Waals surface area contributed by atoms with Crippen LogP contribution in [0.25, 0.3) is 0 Å². The Hall–Kier alpha value is -0.900. The molecule has 136 valence electrons. The molecular formula is C20H34N2O2. The number of carbonyl (C=O) groups excluding carboxylic acids is 2. The number of hydrogen-bond donors (Lipinski definition) is 0. The standard InChI is InChI=1S/C20H34N2O2/c1-19(2,3)17(23)16-14-11-21(12-15(14)16)18(24)13-7-9-22(10-8-13)20(4,5)6/h13-16H,7-12H2,1-6H3. The summed E-state index contributed by atoms with van der Waals surface area (Å²) >= 11 is 0. The summed E-state index contributed by atoms with van der Waals surface area (Å²) in [6.07, 6.45) is 1.96. The Kier molecular flexibility index (Phi) is 4.35. The molecule has 2 atom stereocenters. The van der Waals surface area contributed by atoms with Crippen molar-refractivity contribution in [2.45, 2.75) is 59.9 Å². The highest BCUT2D eigenvalue weighted by Gasteiger charge is 2.61. The maximum absolute atomic E-state index is 12.8. The number of carbonyl (C=O) groups is 2. The van der Waals surface area contributed by atoms with Crippen LogP contribution in [0.15, 0.2) is 0 Å². The van der Waals surface area contributed by atoms with E-state index < -0.39 is 0 Å². The van der Waals surface area contributed by atoms with Crippen LogP contribution in [-0.2, 0) is 9.59 Å². The summed E-state index contributed by atoms with van der Waals surface area (Å²) in [6, 6.07) is 0. The predicted octanol–water partition coefficient (Wildman–Crippen LogP) is 2.82. The molecule has 0 spiro atoms. The van der Waals surface area contributed by atoms with E-state index in [-0.39, 0.29) is 22.8 Å². The van der Waals surface area contributed by atoms with Gasteiger partial charge in [0.25, 0.3) is 0 Å². The van der Waals surface area contributed by atoms with Gasteiger partial charge in [-0.1, -0.05) is 20.8 Å². The van der Waals surface area contributed by atoms with Crippen LogP contribution >= 0.6 is 0 Å². The van der Waals surface area contributed by atoms with E-state index >= 15 is 0 Å². The summed E-state index contributed by atoms with van der Waals surface area (Å²) in [5.41, 5.74) is -0.0482. The van der Waals surface area contributed by atoms with Crippen molar-refractivity contribution in [1.29, 1.82) is 0 Å². The predicted molar refractivity (Wildman–Crippen MR) is 95.6 cm³/mol. The molecule has 0 N–H and O–H groups in total. The molecule has 0 aromatic carbocycles. The molecule has 0 aromatic rings. The van der Waals surface area contributed by atoms with Crippen LogP contribution in [0.2, 0.25) is 0 Å². The van der Waals surface area contributed by atoms with Gasteiger partial charge in [0.05, 0.1) is 0 Å². The van der Waals surface area contributed by atoms with Crippen molar-refractivity contribution >= 4 is 11.7 Å². The van der Waals surface area contributed by atoms with E-state index in [1.165, 1.54) is 0 Å². The Morgan fingerprint density at radius 3 is 1.79 bits per heavy atom. The zero-order valence-corrected chi connectivity index (χ0v) is 16.3. The summed E-state index contributed by atoms with van der Waals surface area (Å²) in [5, 5.41) is 0. The number of likely N-dealkylation sites (tertiary alicyclic amines) is 2. The van der Waals surface area contributed by atoms with Gasteiger partial charge in [0.2, 0.25) is 5.91 Å². The van der Waals surface area contributed by atoms with Crippen LogP contribution in [0.4, 0.5) is 0 Å². The number of hydrogen-bond acceptors (Lipinski definition) is 3. The molecular weight excluding hydrogens is 300 g/mol. The highest BCUT2D eigenvalue weighted by atomic mass is 16.2. The monoisotopic (exact) mass is 334 g/mol. The first-order chi connectivity index (χ1) is 11.0. The Balaban J connectivity index is 1.49. The second kappa shape index (κ2) is 5.82. The topological polar surface area (TPSA) is 40.6 Å². The third kappa shape index (κ3) is 3.26. The fourth-order valence-electron chi connectivity index (χ4n) is 4.65. The van der Waals surface area contributed by atoms with Gasteiger partial charge in [-0.05, 0) is 58.5 Å². The first-order valence-electron chi connectivity index (χ1n) is 9.58. The number of piperidine rings is 2. The van der Waals surface area contributed by atoms with Crippen molar-refractivity contribution in [1.82, 2.24) is 9.80 Å². The number of ketones is 1. The summed E-state index contributed by atoms with van der Waals surface area (Å²) in [5.74, 6) is 2.03. The van der Waals surface area contributed by atoms with Crippen molar-refractivity contribution < 1.29 is 9.59 Å². The number of Topliss-reactive ketones (excluding diaryl/α,β-unsaturated/α-hetero) is 1. The van der Waals surface area contributed by atoms with Gasteiger partial charge in [-0.2, -0.15) is 0 Å². The minimum atomic E-state index is -0.246. The second-order valence-electron chi connectivity index (χ2n) is 10.1. The zero-order valence-electron chi connectivity index (χ0n) is 16.3. The molecule has 3 aliphatic rings. The van der Waals surface area contributed by atoms with Gasteiger partial charge in [-0.3, -0.25) is 14.5 Å². The van der Waals surface area contributed by atoms with Crippen LogP contribution in [0, 0.1) is 29.1 Å². The number of amides is 1. The van der Waals surface area contributed by atoms with Gasteiger partial charge in [0, 0.05) is 35.9 Å². The molecule has 4 heteroatoms. The Morgan fingerprint density at radius 1 is 0.875 bits per heavy atom. The maximum atomic E-state index is 12.8. The van der Waals surface area contributed by atoms with E-state index in [4.69, 9.17) is 0 Å². The van der Waals surface area contributed by atoms with E-state index in [1.54, 1.807) is 0 Å². The van der Waals surface area contributed by atoms with Crippen molar-refractivity contribution in [3.8, 4) is 0 Å². The molecule has 2 saturated heterocycles. The molecule has 1 saturated carbocycles. The summed E-state index contributed by atoms with van der Waals surface area (Å²) in [7, 11) is 0. The molecule has 3 rings (SSSR count). The summed E-state index contributed by atoms with van der Waals surface area (Å²) in [4.78, 5) is 29.8. The van der Waals surface area contributed by atoms with Gasteiger partial charge in [-0.25, -0.2) is 0 Å². The Labute approximate surface area is 146 Å². The SMILES string of the molecule is CC(C)(C)C(=O)C1C2CN(C(=O)C3CCN(C(C)(C)C)CC3)CC21. The van der Waals surface area contributed by atoms with Gasteiger partial charge in [0.1, 0.15) is 5.78 Å². The third-order valence-corrected chi connectivity index (χ3v) is 6.34. The van der Waals surface area contributed by atoms with Gasteiger partial charge in [0.15, 0.2) is 0 Å². The fourth-order valence-corrected chi connectivity index (χ4v) is 4.65. The maximum Gasteiger partial charge on any atom is 0.225 e. The molecule has 24 heavy (non-hydrogen) atoms. The number of rotatable bonds is 2. The van der Waals surface area contributed by atoms with Crippen LogP contribution in [-0.4, -0.2) is 53.2 Å². The number of nitrogens with zero attached hydrogens (tertiary/aromatic N) is 2. The minimum Gasteiger partial charge on any atom is -0.342 e. The lowest BCUT2D eigenvalue weighted by molar-refractivity contribution is -0.138. The minimum absolute atomic E-state index is 0.192. The molecule has 4 nitrogen and oxygen atoms in total. The van der Waals surface area contributed by atoms with E-state index in [1.807, 2.05) is 20.8 Å². The molecule has 0 radical (unpaired) electrons. The van der Waals surface area contributed by atoms with Gasteiger partial charge < -0.3 is 4.90 Å². The third-order valence-electron chi connectivity index (χ3n) is 6.34. The molecule has 1 aliphatic carbocycles. The van der Waals surface area contributed by atoms with E-state index in [0.29, 0.717) is 23.5 Å². The van der Waals surface area contributed by atoms with Crippen LogP contribution < -0.4 is 0 Å². The lowest BCUT2D eigenvalue weighted by Gasteiger charge is -2.41. The molecule has 3 fully saturated rings. The Morgan fingerprint density at radius 2 is 1.38 bits per heavy atom. The van der Waals surface area contributed by atoms with Crippen molar-refractivity contribution in [3.05, 3.63) is 0 Å². The van der Waals surface area contributed by atoms with Crippen molar-refractivity contribution in [2.75, 3.05) is 26.2 Å². The molecule has 2 aliphatic heterocycles.